The average molecular weight is 302 g/mol. The molecule has 0 amide bonds. The number of aliphatic hydroxyl groups excluding tert-OH is 1. The molecule has 0 bridgehead atoms. The summed E-state index contributed by atoms with van der Waals surface area (Å²) in [4.78, 5) is 22.5. The van der Waals surface area contributed by atoms with E-state index in [4.69, 9.17) is 9.47 Å². The molecule has 0 aromatic rings. The first-order valence-corrected chi connectivity index (χ1v) is 7.17. The molecule has 0 aliphatic carbocycles. The minimum atomic E-state index is -0.769. The Morgan fingerprint density at radius 3 is 2.48 bits per heavy atom. The fourth-order valence-electron chi connectivity index (χ4n) is 1.65. The van der Waals surface area contributed by atoms with Crippen molar-refractivity contribution in [3.63, 3.8) is 0 Å². The van der Waals surface area contributed by atoms with Crippen LogP contribution in [-0.2, 0) is 19.1 Å². The molecule has 0 radical (unpaired) electrons. The number of esters is 2. The molecule has 0 heterocycles. The smallest absolute Gasteiger partial charge is 0.330 e. The number of quaternary nitrogens is 1. The van der Waals surface area contributed by atoms with Crippen molar-refractivity contribution in [2.24, 2.45) is 5.92 Å². The van der Waals surface area contributed by atoms with Crippen LogP contribution in [-0.4, -0.2) is 68.0 Å². The van der Waals surface area contributed by atoms with E-state index in [1.54, 1.807) is 0 Å². The molecule has 0 spiro atoms. The highest BCUT2D eigenvalue weighted by atomic mass is 16.5. The first-order valence-electron chi connectivity index (χ1n) is 7.17. The third-order valence-corrected chi connectivity index (χ3v) is 3.25. The highest BCUT2D eigenvalue weighted by Crippen LogP contribution is 2.05. The molecule has 21 heavy (non-hydrogen) atoms. The quantitative estimate of drug-likeness (QED) is 0.366. The van der Waals surface area contributed by atoms with E-state index in [-0.39, 0.29) is 18.5 Å². The molecule has 0 aromatic carbocycles. The molecule has 0 aromatic heterocycles. The Kier molecular flexibility index (Phi) is 8.89. The molecule has 0 aliphatic heterocycles. The minimum Gasteiger partial charge on any atom is -0.460 e. The summed E-state index contributed by atoms with van der Waals surface area (Å²) in [6.07, 6.45) is 1.04. The largest absolute Gasteiger partial charge is 0.460 e. The summed E-state index contributed by atoms with van der Waals surface area (Å²) in [6, 6.07) is 0. The second kappa shape index (κ2) is 9.52. The van der Waals surface area contributed by atoms with Gasteiger partial charge in [0.15, 0.2) is 0 Å². The van der Waals surface area contributed by atoms with Gasteiger partial charge in [0.05, 0.1) is 20.0 Å². The minimum absolute atomic E-state index is 0.0702. The third kappa shape index (κ3) is 9.20. The molecule has 0 saturated carbocycles. The van der Waals surface area contributed by atoms with E-state index in [9.17, 15) is 14.7 Å². The number of aliphatic hydroxyl groups is 1. The molecule has 0 saturated heterocycles. The second-order valence-corrected chi connectivity index (χ2v) is 5.81. The van der Waals surface area contributed by atoms with Crippen LogP contribution in [0.25, 0.3) is 0 Å². The molecular formula is C15H28NO5+. The maximum atomic E-state index is 11.5. The lowest BCUT2D eigenvalue weighted by Crippen LogP contribution is -2.48. The van der Waals surface area contributed by atoms with Crippen molar-refractivity contribution in [2.75, 3.05) is 40.4 Å². The van der Waals surface area contributed by atoms with Crippen molar-refractivity contribution in [1.82, 2.24) is 0 Å². The van der Waals surface area contributed by atoms with Gasteiger partial charge in [0.1, 0.15) is 32.4 Å². The molecule has 2 atom stereocenters. The summed E-state index contributed by atoms with van der Waals surface area (Å²) in [7, 11) is 3.82. The van der Waals surface area contributed by atoms with Gasteiger partial charge in [0, 0.05) is 6.08 Å². The maximum Gasteiger partial charge on any atom is 0.330 e. The van der Waals surface area contributed by atoms with Gasteiger partial charge in [-0.1, -0.05) is 20.4 Å². The van der Waals surface area contributed by atoms with Crippen LogP contribution in [0.4, 0.5) is 0 Å². The standard InChI is InChI=1S/C15H28NO5/c1-6-12(3)15(19)20-9-8-16(4,5)10-13(17)11-21-14(18)7-2/h7,12-13,17H,2,6,8-11H2,1,3-5H3/q+1. The molecular weight excluding hydrogens is 274 g/mol. The van der Waals surface area contributed by atoms with Gasteiger partial charge in [-0.05, 0) is 6.42 Å². The van der Waals surface area contributed by atoms with Crippen LogP contribution in [0.15, 0.2) is 12.7 Å². The first-order chi connectivity index (χ1) is 9.71. The predicted molar refractivity (Wildman–Crippen MR) is 79.4 cm³/mol. The van der Waals surface area contributed by atoms with Crippen LogP contribution in [0, 0.1) is 5.92 Å². The molecule has 0 aliphatic rings. The lowest BCUT2D eigenvalue weighted by molar-refractivity contribution is -0.893. The van der Waals surface area contributed by atoms with Crippen LogP contribution in [0.2, 0.25) is 0 Å². The monoisotopic (exact) mass is 302 g/mol. The number of rotatable bonds is 10. The number of hydrogen-bond donors (Lipinski definition) is 1. The summed E-state index contributed by atoms with van der Waals surface area (Å²) >= 11 is 0. The summed E-state index contributed by atoms with van der Waals surface area (Å²) in [5.74, 6) is -0.843. The normalized spacial score (nSPS) is 14.1. The Balaban J connectivity index is 4.04. The van der Waals surface area contributed by atoms with E-state index >= 15 is 0 Å². The maximum absolute atomic E-state index is 11.5. The van der Waals surface area contributed by atoms with Gasteiger partial charge in [0.25, 0.3) is 0 Å². The topological polar surface area (TPSA) is 72.8 Å². The number of nitrogens with zero attached hydrogens (tertiary/aromatic N) is 1. The van der Waals surface area contributed by atoms with Gasteiger partial charge >= 0.3 is 11.9 Å². The van der Waals surface area contributed by atoms with Crippen molar-refractivity contribution in [2.45, 2.75) is 26.4 Å². The number of ether oxygens (including phenoxy) is 2. The first kappa shape index (κ1) is 19.6. The highest BCUT2D eigenvalue weighted by molar-refractivity contribution is 5.81. The second-order valence-electron chi connectivity index (χ2n) is 5.81. The molecule has 6 heteroatoms. The predicted octanol–water partition coefficient (Wildman–Crippen LogP) is 0.742. The van der Waals surface area contributed by atoms with Gasteiger partial charge in [-0.25, -0.2) is 4.79 Å². The van der Waals surface area contributed by atoms with Crippen LogP contribution in [0.3, 0.4) is 0 Å². The fraction of sp³-hybridized carbons (Fsp3) is 0.733. The lowest BCUT2D eigenvalue weighted by Gasteiger charge is -2.31. The van der Waals surface area contributed by atoms with E-state index in [1.807, 2.05) is 27.9 Å². The van der Waals surface area contributed by atoms with Crippen LogP contribution in [0.1, 0.15) is 20.3 Å². The SMILES string of the molecule is C=CC(=O)OCC(O)C[N+](C)(C)CCOC(=O)C(C)CC. The van der Waals surface area contributed by atoms with Gasteiger partial charge in [0.2, 0.25) is 0 Å². The van der Waals surface area contributed by atoms with Crippen molar-refractivity contribution >= 4 is 11.9 Å². The van der Waals surface area contributed by atoms with Gasteiger partial charge < -0.3 is 19.1 Å². The molecule has 0 fully saturated rings. The zero-order valence-electron chi connectivity index (χ0n) is 13.5. The van der Waals surface area contributed by atoms with Crippen molar-refractivity contribution in [3.05, 3.63) is 12.7 Å². The summed E-state index contributed by atoms with van der Waals surface area (Å²) in [5, 5.41) is 9.83. The average Bonchev–Trinajstić information content (AvgIpc) is 2.42. The van der Waals surface area contributed by atoms with Crippen molar-refractivity contribution in [1.29, 1.82) is 0 Å². The fourth-order valence-corrected chi connectivity index (χ4v) is 1.65. The van der Waals surface area contributed by atoms with Crippen LogP contribution >= 0.6 is 0 Å². The molecule has 6 nitrogen and oxygen atoms in total. The number of carbonyl (C=O) groups excluding carboxylic acids is 2. The Hall–Kier alpha value is -1.40. The summed E-state index contributed by atoms with van der Waals surface area (Å²) in [6.45, 7) is 8.26. The van der Waals surface area contributed by atoms with Crippen molar-refractivity contribution in [3.8, 4) is 0 Å². The van der Waals surface area contributed by atoms with Gasteiger partial charge in [-0.15, -0.1) is 0 Å². The van der Waals surface area contributed by atoms with E-state index in [0.29, 0.717) is 24.2 Å². The molecule has 1 N–H and O–H groups in total. The van der Waals surface area contributed by atoms with E-state index in [1.165, 1.54) is 0 Å². The van der Waals surface area contributed by atoms with E-state index < -0.39 is 12.1 Å². The number of carbonyl (C=O) groups is 2. The Bertz CT molecular complexity index is 354. The molecule has 2 unspecified atom stereocenters. The Labute approximate surface area is 126 Å². The van der Waals surface area contributed by atoms with Crippen LogP contribution in [0.5, 0.6) is 0 Å². The Morgan fingerprint density at radius 2 is 1.95 bits per heavy atom. The Morgan fingerprint density at radius 1 is 1.33 bits per heavy atom. The summed E-state index contributed by atoms with van der Waals surface area (Å²) < 4.78 is 10.4. The van der Waals surface area contributed by atoms with E-state index in [0.717, 1.165) is 12.5 Å². The third-order valence-electron chi connectivity index (χ3n) is 3.25. The van der Waals surface area contributed by atoms with Crippen LogP contribution < -0.4 is 0 Å². The van der Waals surface area contributed by atoms with Crippen molar-refractivity contribution < 1.29 is 28.7 Å². The van der Waals surface area contributed by atoms with Gasteiger partial charge in [-0.2, -0.15) is 0 Å². The highest BCUT2D eigenvalue weighted by Gasteiger charge is 2.22. The zero-order chi connectivity index (χ0) is 16.5. The lowest BCUT2D eigenvalue weighted by atomic mass is 10.1. The number of hydrogen-bond acceptors (Lipinski definition) is 5. The summed E-state index contributed by atoms with van der Waals surface area (Å²) in [5.41, 5.74) is 0. The zero-order valence-corrected chi connectivity index (χ0v) is 13.5. The van der Waals surface area contributed by atoms with Gasteiger partial charge in [-0.3, -0.25) is 4.79 Å². The number of likely N-dealkylation sites (N-methyl/N-ethyl adjacent to an activating group) is 1. The molecule has 0 rings (SSSR count). The molecule has 122 valence electrons. The van der Waals surface area contributed by atoms with E-state index in [2.05, 4.69) is 6.58 Å².